The maximum Gasteiger partial charge on any atom is 0.216 e. The highest BCUT2D eigenvalue weighted by Gasteiger charge is 2.10. The minimum atomic E-state index is -3.53. The van der Waals surface area contributed by atoms with Gasteiger partial charge in [-0.2, -0.15) is 0 Å². The first-order chi connectivity index (χ1) is 11.5. The van der Waals surface area contributed by atoms with E-state index in [0.717, 1.165) is 0 Å². The minimum Gasteiger partial charge on any atom is -0.479 e. The summed E-state index contributed by atoms with van der Waals surface area (Å²) in [6.07, 6.45) is 0. The van der Waals surface area contributed by atoms with Crippen LogP contribution in [0.15, 0.2) is 48.5 Å². The molecule has 1 N–H and O–H groups in total. The standard InChI is InChI=1S/C17H15ClFNO3S/c18-16-5-1-2-6-17(16)23-12-4-3-11-20-24(21,22)13-14-7-9-15(19)10-8-14/h1-2,5-10,20H,11-13H2. The lowest BCUT2D eigenvalue weighted by Gasteiger charge is -2.04. The Balaban J connectivity index is 1.77. The topological polar surface area (TPSA) is 55.4 Å². The number of sulfonamides is 1. The van der Waals surface area contributed by atoms with Crippen molar-refractivity contribution in [3.8, 4) is 17.6 Å². The molecule has 0 saturated carbocycles. The SMILES string of the molecule is O=S(=O)(Cc1ccc(F)cc1)NCC#CCOc1ccccc1Cl. The molecule has 0 heterocycles. The van der Waals surface area contributed by atoms with E-state index in [0.29, 0.717) is 16.3 Å². The molecule has 0 saturated heterocycles. The number of para-hydroxylation sites is 1. The van der Waals surface area contributed by atoms with Gasteiger partial charge in [0.2, 0.25) is 10.0 Å². The Hall–Kier alpha value is -2.07. The van der Waals surface area contributed by atoms with Gasteiger partial charge in [-0.25, -0.2) is 17.5 Å². The molecule has 2 aromatic carbocycles. The van der Waals surface area contributed by atoms with Crippen molar-refractivity contribution in [3.63, 3.8) is 0 Å². The van der Waals surface area contributed by atoms with Crippen molar-refractivity contribution in [3.05, 3.63) is 64.9 Å². The Morgan fingerprint density at radius 3 is 2.50 bits per heavy atom. The molecule has 2 aromatic rings. The van der Waals surface area contributed by atoms with E-state index in [2.05, 4.69) is 16.6 Å². The lowest BCUT2D eigenvalue weighted by Crippen LogP contribution is -2.25. The first kappa shape index (κ1) is 18.3. The van der Waals surface area contributed by atoms with Crippen LogP contribution in [0.4, 0.5) is 4.39 Å². The van der Waals surface area contributed by atoms with E-state index in [-0.39, 0.29) is 18.9 Å². The van der Waals surface area contributed by atoms with Crippen LogP contribution in [0.1, 0.15) is 5.56 Å². The van der Waals surface area contributed by atoms with E-state index in [1.54, 1.807) is 24.3 Å². The second kappa shape index (κ2) is 8.69. The van der Waals surface area contributed by atoms with E-state index in [1.165, 1.54) is 24.3 Å². The van der Waals surface area contributed by atoms with Crippen LogP contribution in [0.25, 0.3) is 0 Å². The maximum atomic E-state index is 12.8. The molecule has 0 bridgehead atoms. The van der Waals surface area contributed by atoms with Crippen LogP contribution in [0.3, 0.4) is 0 Å². The zero-order valence-corrected chi connectivity index (χ0v) is 14.2. The van der Waals surface area contributed by atoms with Gasteiger partial charge in [-0.15, -0.1) is 0 Å². The van der Waals surface area contributed by atoms with Crippen LogP contribution in [0.2, 0.25) is 5.02 Å². The number of hydrogen-bond donors (Lipinski definition) is 1. The summed E-state index contributed by atoms with van der Waals surface area (Å²) in [7, 11) is -3.53. The number of ether oxygens (including phenoxy) is 1. The summed E-state index contributed by atoms with van der Waals surface area (Å²) in [6.45, 7) is 0.0683. The summed E-state index contributed by atoms with van der Waals surface area (Å²) in [5.74, 6) is 5.23. The zero-order valence-electron chi connectivity index (χ0n) is 12.6. The number of rotatable bonds is 6. The molecule has 0 aliphatic heterocycles. The third kappa shape index (κ3) is 6.20. The largest absolute Gasteiger partial charge is 0.479 e. The fraction of sp³-hybridized carbons (Fsp3) is 0.176. The Morgan fingerprint density at radius 1 is 1.08 bits per heavy atom. The molecular formula is C17H15ClFNO3S. The summed E-state index contributed by atoms with van der Waals surface area (Å²) >= 11 is 5.92. The van der Waals surface area contributed by atoms with Gasteiger partial charge in [0.25, 0.3) is 0 Å². The van der Waals surface area contributed by atoms with Crippen LogP contribution in [-0.2, 0) is 15.8 Å². The molecule has 0 unspecified atom stereocenters. The molecule has 0 spiro atoms. The molecule has 7 heteroatoms. The van der Waals surface area contributed by atoms with Gasteiger partial charge in [0, 0.05) is 0 Å². The van der Waals surface area contributed by atoms with Gasteiger partial charge in [-0.3, -0.25) is 0 Å². The molecule has 0 aliphatic carbocycles. The lowest BCUT2D eigenvalue weighted by atomic mass is 10.2. The first-order valence-corrected chi connectivity index (χ1v) is 9.04. The maximum absolute atomic E-state index is 12.8. The number of hydrogen-bond acceptors (Lipinski definition) is 3. The van der Waals surface area contributed by atoms with Gasteiger partial charge in [-0.05, 0) is 29.8 Å². The van der Waals surface area contributed by atoms with Gasteiger partial charge >= 0.3 is 0 Å². The molecule has 0 aromatic heterocycles. The first-order valence-electron chi connectivity index (χ1n) is 7.01. The highest BCUT2D eigenvalue weighted by molar-refractivity contribution is 7.88. The number of halogens is 2. The second-order valence-electron chi connectivity index (χ2n) is 4.78. The molecule has 4 nitrogen and oxygen atoms in total. The molecule has 24 heavy (non-hydrogen) atoms. The number of benzene rings is 2. The van der Waals surface area contributed by atoms with Crippen molar-refractivity contribution in [2.45, 2.75) is 5.75 Å². The molecule has 0 amide bonds. The predicted molar refractivity (Wildman–Crippen MR) is 91.7 cm³/mol. The summed E-state index contributed by atoms with van der Waals surface area (Å²) in [5.41, 5.74) is 0.499. The van der Waals surface area contributed by atoms with Gasteiger partial charge in [0.15, 0.2) is 0 Å². The average Bonchev–Trinajstić information content (AvgIpc) is 2.54. The van der Waals surface area contributed by atoms with Crippen LogP contribution < -0.4 is 9.46 Å². The van der Waals surface area contributed by atoms with Crippen molar-refractivity contribution < 1.29 is 17.5 Å². The third-order valence-corrected chi connectivity index (χ3v) is 4.52. The minimum absolute atomic E-state index is 0.0323. The fourth-order valence-corrected chi connectivity index (χ4v) is 3.00. The van der Waals surface area contributed by atoms with Gasteiger partial charge in [-0.1, -0.05) is 47.7 Å². The molecule has 2 rings (SSSR count). The van der Waals surface area contributed by atoms with E-state index in [9.17, 15) is 12.8 Å². The van der Waals surface area contributed by atoms with Crippen molar-refractivity contribution >= 4 is 21.6 Å². The smallest absolute Gasteiger partial charge is 0.216 e. The summed E-state index contributed by atoms with van der Waals surface area (Å²) in [5, 5.41) is 0.485. The summed E-state index contributed by atoms with van der Waals surface area (Å²) in [4.78, 5) is 0. The number of nitrogens with one attached hydrogen (secondary N) is 1. The van der Waals surface area contributed by atoms with E-state index in [1.807, 2.05) is 0 Å². The highest BCUT2D eigenvalue weighted by Crippen LogP contribution is 2.22. The van der Waals surface area contributed by atoms with Crippen LogP contribution in [-0.4, -0.2) is 21.6 Å². The Bertz CT molecular complexity index is 842. The molecule has 0 fully saturated rings. The van der Waals surface area contributed by atoms with E-state index < -0.39 is 15.8 Å². The van der Waals surface area contributed by atoms with Crippen molar-refractivity contribution in [1.82, 2.24) is 4.72 Å². The summed E-state index contributed by atoms with van der Waals surface area (Å²) < 4.78 is 44.2. The van der Waals surface area contributed by atoms with Crippen LogP contribution >= 0.6 is 11.6 Å². The van der Waals surface area contributed by atoms with Crippen molar-refractivity contribution in [2.75, 3.05) is 13.2 Å². The highest BCUT2D eigenvalue weighted by atomic mass is 35.5. The average molecular weight is 368 g/mol. The van der Waals surface area contributed by atoms with Gasteiger partial charge in [0.1, 0.15) is 18.2 Å². The molecule has 126 valence electrons. The van der Waals surface area contributed by atoms with Gasteiger partial charge in [0.05, 0.1) is 17.3 Å². The predicted octanol–water partition coefficient (Wildman–Crippen LogP) is 2.98. The quantitative estimate of drug-likeness (QED) is 0.798. The molecule has 0 aliphatic rings. The van der Waals surface area contributed by atoms with Crippen molar-refractivity contribution in [1.29, 1.82) is 0 Å². The second-order valence-corrected chi connectivity index (χ2v) is 6.99. The van der Waals surface area contributed by atoms with Gasteiger partial charge < -0.3 is 4.74 Å². The monoisotopic (exact) mass is 367 g/mol. The van der Waals surface area contributed by atoms with Crippen LogP contribution in [0, 0.1) is 17.7 Å². The molecule has 0 radical (unpaired) electrons. The normalized spacial score (nSPS) is 10.8. The van der Waals surface area contributed by atoms with Crippen LogP contribution in [0.5, 0.6) is 5.75 Å². The van der Waals surface area contributed by atoms with Crippen molar-refractivity contribution in [2.24, 2.45) is 0 Å². The zero-order chi connectivity index (χ0) is 17.4. The van der Waals surface area contributed by atoms with E-state index >= 15 is 0 Å². The molecule has 0 atom stereocenters. The Labute approximate surface area is 145 Å². The van der Waals surface area contributed by atoms with E-state index in [4.69, 9.17) is 16.3 Å². The fourth-order valence-electron chi connectivity index (χ4n) is 1.79. The molecular weight excluding hydrogens is 353 g/mol. The third-order valence-electron chi connectivity index (χ3n) is 2.91. The Kier molecular flexibility index (Phi) is 6.62. The Morgan fingerprint density at radius 2 is 1.79 bits per heavy atom. The lowest BCUT2D eigenvalue weighted by molar-refractivity contribution is 0.370. The summed E-state index contributed by atoms with van der Waals surface area (Å²) in [6, 6.07) is 12.3.